The van der Waals surface area contributed by atoms with Crippen LogP contribution in [0.5, 0.6) is 11.5 Å². The van der Waals surface area contributed by atoms with Gasteiger partial charge in [-0.15, -0.1) is 0 Å². The van der Waals surface area contributed by atoms with Crippen molar-refractivity contribution < 1.29 is 14.3 Å². The molecule has 2 aromatic carbocycles. The molecule has 2 amide bonds. The van der Waals surface area contributed by atoms with Crippen molar-refractivity contribution in [1.29, 1.82) is 0 Å². The van der Waals surface area contributed by atoms with Gasteiger partial charge in [0, 0.05) is 24.8 Å². The number of benzene rings is 2. The number of carbonyl (C=O) groups excluding carboxylic acids is 2. The summed E-state index contributed by atoms with van der Waals surface area (Å²) in [6, 6.07) is 17.4. The first-order chi connectivity index (χ1) is 18.0. The molecule has 2 aliphatic heterocycles. The van der Waals surface area contributed by atoms with Crippen LogP contribution in [0.4, 0.5) is 0 Å². The van der Waals surface area contributed by atoms with Crippen molar-refractivity contribution in [2.24, 2.45) is 4.99 Å². The van der Waals surface area contributed by atoms with Crippen LogP contribution in [0.2, 0.25) is 0 Å². The molecule has 7 nitrogen and oxygen atoms in total. The summed E-state index contributed by atoms with van der Waals surface area (Å²) < 4.78 is 6.13. The molecule has 1 saturated carbocycles. The van der Waals surface area contributed by atoms with E-state index in [9.17, 15) is 9.59 Å². The zero-order valence-corrected chi connectivity index (χ0v) is 22.3. The van der Waals surface area contributed by atoms with Gasteiger partial charge in [-0.2, -0.15) is 0 Å². The van der Waals surface area contributed by atoms with E-state index in [1.165, 1.54) is 11.8 Å². The molecule has 1 N–H and O–H groups in total. The van der Waals surface area contributed by atoms with Gasteiger partial charge < -0.3 is 19.9 Å². The van der Waals surface area contributed by atoms with Gasteiger partial charge in [0.1, 0.15) is 11.5 Å². The third kappa shape index (κ3) is 5.44. The Morgan fingerprint density at radius 2 is 1.81 bits per heavy atom. The smallest absolute Gasteiger partial charge is 0.254 e. The maximum atomic E-state index is 13.8. The molecule has 192 valence electrons. The molecule has 2 aromatic rings. The Kier molecular flexibility index (Phi) is 7.37. The SMILES string of the molecule is CCN(CC)C(=O)C1=C(C)N=C2SC=C(CC(=O)NC3CC3)N2C1c1cccc(Oc2ccccc2)c1. The van der Waals surface area contributed by atoms with Gasteiger partial charge in [-0.1, -0.05) is 42.1 Å². The number of amidine groups is 1. The number of allylic oxidation sites excluding steroid dienone is 1. The fourth-order valence-corrected chi connectivity index (χ4v) is 5.65. The number of aliphatic imine (C=N–C) groups is 1. The second kappa shape index (κ2) is 10.8. The van der Waals surface area contributed by atoms with Crippen LogP contribution in [0.25, 0.3) is 0 Å². The Balaban J connectivity index is 1.53. The number of fused-ring (bicyclic) bond motifs is 1. The second-order valence-corrected chi connectivity index (χ2v) is 10.2. The summed E-state index contributed by atoms with van der Waals surface area (Å²) in [5.41, 5.74) is 3.08. The van der Waals surface area contributed by atoms with Gasteiger partial charge in [-0.25, -0.2) is 4.99 Å². The third-order valence-electron chi connectivity index (χ3n) is 6.72. The van der Waals surface area contributed by atoms with Gasteiger partial charge in [0.2, 0.25) is 5.91 Å². The van der Waals surface area contributed by atoms with E-state index in [0.717, 1.165) is 35.0 Å². The molecule has 0 saturated heterocycles. The monoisotopic (exact) mass is 516 g/mol. The van der Waals surface area contributed by atoms with E-state index in [1.807, 2.05) is 85.7 Å². The van der Waals surface area contributed by atoms with Crippen molar-refractivity contribution in [2.75, 3.05) is 13.1 Å². The molecule has 5 rings (SSSR count). The van der Waals surface area contributed by atoms with E-state index in [2.05, 4.69) is 10.2 Å². The summed E-state index contributed by atoms with van der Waals surface area (Å²) in [5.74, 6) is 1.39. The molecular weight excluding hydrogens is 484 g/mol. The number of carbonyl (C=O) groups is 2. The first-order valence-corrected chi connectivity index (χ1v) is 13.7. The lowest BCUT2D eigenvalue weighted by Gasteiger charge is -2.38. The topological polar surface area (TPSA) is 74.2 Å². The normalized spacial score (nSPS) is 18.7. The number of nitrogens with zero attached hydrogens (tertiary/aromatic N) is 3. The van der Waals surface area contributed by atoms with Gasteiger partial charge in [0.25, 0.3) is 5.91 Å². The van der Waals surface area contributed by atoms with Crippen LogP contribution in [-0.4, -0.2) is 45.9 Å². The van der Waals surface area contributed by atoms with E-state index < -0.39 is 6.04 Å². The molecule has 0 bridgehead atoms. The van der Waals surface area contributed by atoms with E-state index >= 15 is 0 Å². The van der Waals surface area contributed by atoms with Crippen molar-refractivity contribution in [3.05, 3.63) is 82.5 Å². The fraction of sp³-hybridized carbons (Fsp3) is 0.345. The van der Waals surface area contributed by atoms with Crippen LogP contribution in [0, 0.1) is 0 Å². The summed E-state index contributed by atoms with van der Waals surface area (Å²) in [5, 5.41) is 5.85. The van der Waals surface area contributed by atoms with Crippen LogP contribution in [-0.2, 0) is 9.59 Å². The molecule has 8 heteroatoms. The first kappa shape index (κ1) is 25.1. The number of hydrogen-bond donors (Lipinski definition) is 1. The standard InChI is InChI=1S/C29H32N4O3S/c1-4-32(5-2)28(35)26-19(3)30-29-33(22(18-37-29)17-25(34)31-21-14-15-21)27(26)20-10-9-13-24(16-20)36-23-11-7-6-8-12-23/h6-13,16,18,21,27H,4-5,14-15,17H2,1-3H3,(H,31,34). The highest BCUT2D eigenvalue weighted by Crippen LogP contribution is 2.45. The zero-order chi connectivity index (χ0) is 25.9. The predicted octanol–water partition coefficient (Wildman–Crippen LogP) is 5.59. The van der Waals surface area contributed by atoms with Gasteiger partial charge in [0.05, 0.1) is 23.7 Å². The fourth-order valence-electron chi connectivity index (χ4n) is 4.68. The minimum Gasteiger partial charge on any atom is -0.457 e. The molecule has 0 spiro atoms. The van der Waals surface area contributed by atoms with E-state index in [1.54, 1.807) is 0 Å². The number of nitrogens with one attached hydrogen (secondary N) is 1. The number of hydrogen-bond acceptors (Lipinski definition) is 6. The summed E-state index contributed by atoms with van der Waals surface area (Å²) in [6.45, 7) is 7.08. The second-order valence-electron chi connectivity index (χ2n) is 9.38. The van der Waals surface area contributed by atoms with Crippen molar-refractivity contribution in [3.63, 3.8) is 0 Å². The summed E-state index contributed by atoms with van der Waals surface area (Å²) in [6.07, 6.45) is 2.32. The van der Waals surface area contributed by atoms with Gasteiger partial charge in [-0.3, -0.25) is 9.59 Å². The van der Waals surface area contributed by atoms with E-state index in [0.29, 0.717) is 36.2 Å². The lowest BCUT2D eigenvalue weighted by atomic mass is 9.92. The quantitative estimate of drug-likeness (QED) is 0.470. The molecule has 3 aliphatic rings. The molecule has 2 heterocycles. The van der Waals surface area contributed by atoms with E-state index in [4.69, 9.17) is 9.73 Å². The molecule has 0 aromatic heterocycles. The van der Waals surface area contributed by atoms with Crippen molar-refractivity contribution in [3.8, 4) is 11.5 Å². The third-order valence-corrected chi connectivity index (χ3v) is 7.61. The molecular formula is C29H32N4O3S. The largest absolute Gasteiger partial charge is 0.457 e. The average molecular weight is 517 g/mol. The average Bonchev–Trinajstić information content (AvgIpc) is 3.63. The maximum Gasteiger partial charge on any atom is 0.254 e. The lowest BCUT2D eigenvalue weighted by Crippen LogP contribution is -2.42. The zero-order valence-electron chi connectivity index (χ0n) is 21.4. The molecule has 0 radical (unpaired) electrons. The van der Waals surface area contributed by atoms with Crippen molar-refractivity contribution in [1.82, 2.24) is 15.1 Å². The number of thioether (sulfide) groups is 1. The van der Waals surface area contributed by atoms with Crippen molar-refractivity contribution >= 4 is 28.7 Å². The number of para-hydroxylation sites is 1. The van der Waals surface area contributed by atoms with Crippen LogP contribution in [0.15, 0.2) is 82.0 Å². The highest BCUT2D eigenvalue weighted by atomic mass is 32.2. The predicted molar refractivity (Wildman–Crippen MR) is 147 cm³/mol. The summed E-state index contributed by atoms with van der Waals surface area (Å²) >= 11 is 1.50. The Morgan fingerprint density at radius 1 is 1.08 bits per heavy atom. The molecule has 1 fully saturated rings. The van der Waals surface area contributed by atoms with Crippen molar-refractivity contribution in [2.45, 2.75) is 52.1 Å². The number of ether oxygens (including phenoxy) is 1. The molecule has 1 atom stereocenters. The van der Waals surface area contributed by atoms with Gasteiger partial charge >= 0.3 is 0 Å². The number of amides is 2. The minimum absolute atomic E-state index is 0.00148. The summed E-state index contributed by atoms with van der Waals surface area (Å²) in [7, 11) is 0. The van der Waals surface area contributed by atoms with Crippen LogP contribution < -0.4 is 10.1 Å². The highest BCUT2D eigenvalue weighted by Gasteiger charge is 2.41. The first-order valence-electron chi connectivity index (χ1n) is 12.8. The van der Waals surface area contributed by atoms with Crippen LogP contribution in [0.3, 0.4) is 0 Å². The Morgan fingerprint density at radius 3 is 2.51 bits per heavy atom. The number of likely N-dealkylation sites (N-methyl/N-ethyl adjacent to an activating group) is 1. The Labute approximate surface area is 222 Å². The lowest BCUT2D eigenvalue weighted by molar-refractivity contribution is -0.127. The number of rotatable bonds is 9. The Bertz CT molecular complexity index is 1280. The van der Waals surface area contributed by atoms with E-state index in [-0.39, 0.29) is 18.2 Å². The van der Waals surface area contributed by atoms with Gasteiger partial charge in [-0.05, 0) is 68.8 Å². The molecule has 1 unspecified atom stereocenters. The summed E-state index contributed by atoms with van der Waals surface area (Å²) in [4.78, 5) is 35.3. The maximum absolute atomic E-state index is 13.8. The molecule has 37 heavy (non-hydrogen) atoms. The van der Waals surface area contributed by atoms with Gasteiger partial charge in [0.15, 0.2) is 5.17 Å². The van der Waals surface area contributed by atoms with Crippen LogP contribution in [0.1, 0.15) is 51.6 Å². The molecule has 1 aliphatic carbocycles. The van der Waals surface area contributed by atoms with Crippen LogP contribution >= 0.6 is 11.8 Å². The Hall–Kier alpha value is -3.52. The minimum atomic E-state index is -0.421. The highest BCUT2D eigenvalue weighted by molar-refractivity contribution is 8.16.